The summed E-state index contributed by atoms with van der Waals surface area (Å²) < 4.78 is 2.03. The molecule has 0 bridgehead atoms. The van der Waals surface area contributed by atoms with Gasteiger partial charge in [-0.25, -0.2) is 0 Å². The van der Waals surface area contributed by atoms with Crippen molar-refractivity contribution in [1.82, 2.24) is 4.57 Å². The number of rotatable bonds is 4. The Labute approximate surface area is 159 Å². The summed E-state index contributed by atoms with van der Waals surface area (Å²) in [6.07, 6.45) is 3.54. The molecule has 0 radical (unpaired) electrons. The highest BCUT2D eigenvalue weighted by Crippen LogP contribution is 2.19. The molecule has 0 spiro atoms. The molecular weight excluding hydrogens is 334 g/mol. The van der Waals surface area contributed by atoms with E-state index in [1.165, 1.54) is 0 Å². The minimum atomic E-state index is -0.408. The number of anilines is 1. The van der Waals surface area contributed by atoms with Crippen molar-refractivity contribution in [2.45, 2.75) is 20.8 Å². The van der Waals surface area contributed by atoms with Crippen LogP contribution in [0.3, 0.4) is 0 Å². The molecule has 0 atom stereocenters. The smallest absolute Gasteiger partial charge is 0.266 e. The van der Waals surface area contributed by atoms with E-state index in [0.717, 1.165) is 28.1 Å². The highest BCUT2D eigenvalue weighted by molar-refractivity contribution is 6.10. The molecule has 3 aromatic rings. The molecule has 4 heteroatoms. The van der Waals surface area contributed by atoms with E-state index in [1.54, 1.807) is 6.08 Å². The van der Waals surface area contributed by atoms with E-state index in [2.05, 4.69) is 5.32 Å². The normalized spacial score (nSPS) is 11.1. The number of carbonyl (C=O) groups is 1. The van der Waals surface area contributed by atoms with E-state index in [-0.39, 0.29) is 5.57 Å². The lowest BCUT2D eigenvalue weighted by molar-refractivity contribution is -0.112. The zero-order valence-corrected chi connectivity index (χ0v) is 15.7. The van der Waals surface area contributed by atoms with Crippen LogP contribution in [-0.2, 0) is 4.79 Å². The van der Waals surface area contributed by atoms with Crippen LogP contribution in [0.1, 0.15) is 22.4 Å². The quantitative estimate of drug-likeness (QED) is 0.532. The number of benzene rings is 2. The van der Waals surface area contributed by atoms with Crippen molar-refractivity contribution in [2.24, 2.45) is 0 Å². The van der Waals surface area contributed by atoms with Crippen molar-refractivity contribution in [2.75, 3.05) is 5.32 Å². The lowest BCUT2D eigenvalue weighted by atomic mass is 10.1. The van der Waals surface area contributed by atoms with E-state index >= 15 is 0 Å². The molecule has 27 heavy (non-hydrogen) atoms. The third kappa shape index (κ3) is 4.16. The highest BCUT2D eigenvalue weighted by Gasteiger charge is 2.12. The Morgan fingerprint density at radius 3 is 2.48 bits per heavy atom. The predicted octanol–water partition coefficient (Wildman–Crippen LogP) is 4.95. The molecule has 2 aromatic carbocycles. The average molecular weight is 355 g/mol. The van der Waals surface area contributed by atoms with Gasteiger partial charge in [0, 0.05) is 23.3 Å². The van der Waals surface area contributed by atoms with E-state index in [1.807, 2.05) is 92.2 Å². The lowest BCUT2D eigenvalue weighted by Gasteiger charge is -2.08. The fraction of sp³-hybridized carbons (Fsp3) is 0.130. The number of nitrogens with zero attached hydrogens (tertiary/aromatic N) is 2. The number of aryl methyl sites for hydroxylation is 3. The Bertz CT molecular complexity index is 1050. The minimum Gasteiger partial charge on any atom is -0.321 e. The van der Waals surface area contributed by atoms with Gasteiger partial charge in [-0.15, -0.1) is 0 Å². The standard InChI is InChI=1S/C23H21N3O/c1-16-9-10-22(17(2)11-16)25-23(27)20(14-24)13-19-12-18(3)26(15-19)21-7-5-4-6-8-21/h4-13,15H,1-3H3,(H,25,27)/b20-13+. The fourth-order valence-electron chi connectivity index (χ4n) is 3.00. The molecule has 1 heterocycles. The molecule has 0 saturated carbocycles. The SMILES string of the molecule is Cc1ccc(NC(=O)/C(C#N)=C/c2cc(C)n(-c3ccccc3)c2)c(C)c1. The van der Waals surface area contributed by atoms with Crippen molar-refractivity contribution >= 4 is 17.7 Å². The van der Waals surface area contributed by atoms with Gasteiger partial charge in [0.2, 0.25) is 0 Å². The summed E-state index contributed by atoms with van der Waals surface area (Å²) in [5, 5.41) is 12.3. The summed E-state index contributed by atoms with van der Waals surface area (Å²) >= 11 is 0. The fourth-order valence-corrected chi connectivity index (χ4v) is 3.00. The molecular formula is C23H21N3O. The molecule has 0 unspecified atom stereocenters. The van der Waals surface area contributed by atoms with Gasteiger partial charge in [0.1, 0.15) is 11.6 Å². The van der Waals surface area contributed by atoms with Gasteiger partial charge in [-0.3, -0.25) is 4.79 Å². The number of nitriles is 1. The summed E-state index contributed by atoms with van der Waals surface area (Å²) in [4.78, 5) is 12.5. The van der Waals surface area contributed by atoms with Crippen molar-refractivity contribution in [3.63, 3.8) is 0 Å². The first-order chi connectivity index (χ1) is 13.0. The van der Waals surface area contributed by atoms with Crippen LogP contribution in [0.4, 0.5) is 5.69 Å². The largest absolute Gasteiger partial charge is 0.321 e. The van der Waals surface area contributed by atoms with Crippen LogP contribution in [0.5, 0.6) is 0 Å². The van der Waals surface area contributed by atoms with Crippen LogP contribution in [0.25, 0.3) is 11.8 Å². The first kappa shape index (κ1) is 18.2. The Kier molecular flexibility index (Phi) is 5.23. The predicted molar refractivity (Wildman–Crippen MR) is 109 cm³/mol. The Balaban J connectivity index is 1.86. The van der Waals surface area contributed by atoms with Gasteiger partial charge in [-0.05, 0) is 62.2 Å². The maximum atomic E-state index is 12.5. The lowest BCUT2D eigenvalue weighted by Crippen LogP contribution is -2.14. The molecule has 0 aliphatic heterocycles. The summed E-state index contributed by atoms with van der Waals surface area (Å²) in [6.45, 7) is 5.92. The van der Waals surface area contributed by atoms with Crippen LogP contribution < -0.4 is 5.32 Å². The number of carbonyl (C=O) groups excluding carboxylic acids is 1. The first-order valence-electron chi connectivity index (χ1n) is 8.73. The minimum absolute atomic E-state index is 0.0696. The van der Waals surface area contributed by atoms with Gasteiger partial charge < -0.3 is 9.88 Å². The number of nitrogens with one attached hydrogen (secondary N) is 1. The molecule has 4 nitrogen and oxygen atoms in total. The molecule has 0 aliphatic carbocycles. The van der Waals surface area contributed by atoms with Crippen LogP contribution in [-0.4, -0.2) is 10.5 Å². The molecule has 134 valence electrons. The zero-order valence-electron chi connectivity index (χ0n) is 15.7. The zero-order chi connectivity index (χ0) is 19.4. The van der Waals surface area contributed by atoms with Gasteiger partial charge in [0.25, 0.3) is 5.91 Å². The number of hydrogen-bond acceptors (Lipinski definition) is 2. The second kappa shape index (κ2) is 7.76. The number of amides is 1. The topological polar surface area (TPSA) is 57.8 Å². The van der Waals surface area contributed by atoms with Gasteiger partial charge in [-0.2, -0.15) is 5.26 Å². The average Bonchev–Trinajstić information content (AvgIpc) is 3.03. The monoisotopic (exact) mass is 355 g/mol. The van der Waals surface area contributed by atoms with E-state index in [4.69, 9.17) is 0 Å². The van der Waals surface area contributed by atoms with Crippen LogP contribution in [0.15, 0.2) is 66.4 Å². The summed E-state index contributed by atoms with van der Waals surface area (Å²) in [6, 6.07) is 19.7. The maximum absolute atomic E-state index is 12.5. The molecule has 0 aliphatic rings. The van der Waals surface area contributed by atoms with Crippen molar-refractivity contribution in [3.05, 3.63) is 88.8 Å². The number of hydrogen-bond donors (Lipinski definition) is 1. The van der Waals surface area contributed by atoms with E-state index in [0.29, 0.717) is 5.69 Å². The maximum Gasteiger partial charge on any atom is 0.266 e. The molecule has 0 fully saturated rings. The van der Waals surface area contributed by atoms with Gasteiger partial charge in [-0.1, -0.05) is 35.9 Å². The van der Waals surface area contributed by atoms with Crippen molar-refractivity contribution in [3.8, 4) is 11.8 Å². The second-order valence-corrected chi connectivity index (χ2v) is 6.56. The van der Waals surface area contributed by atoms with Crippen molar-refractivity contribution < 1.29 is 4.79 Å². The summed E-state index contributed by atoms with van der Waals surface area (Å²) in [5.41, 5.74) is 5.74. The molecule has 1 amide bonds. The first-order valence-corrected chi connectivity index (χ1v) is 8.73. The van der Waals surface area contributed by atoms with Gasteiger partial charge >= 0.3 is 0 Å². The highest BCUT2D eigenvalue weighted by atomic mass is 16.1. The Morgan fingerprint density at radius 2 is 1.81 bits per heavy atom. The van der Waals surface area contributed by atoms with Crippen LogP contribution in [0, 0.1) is 32.1 Å². The van der Waals surface area contributed by atoms with E-state index < -0.39 is 5.91 Å². The molecule has 1 aromatic heterocycles. The van der Waals surface area contributed by atoms with Crippen molar-refractivity contribution in [1.29, 1.82) is 5.26 Å². The van der Waals surface area contributed by atoms with E-state index in [9.17, 15) is 10.1 Å². The van der Waals surface area contributed by atoms with Crippen LogP contribution in [0.2, 0.25) is 0 Å². The second-order valence-electron chi connectivity index (χ2n) is 6.56. The molecule has 1 N–H and O–H groups in total. The van der Waals surface area contributed by atoms with Gasteiger partial charge in [0.15, 0.2) is 0 Å². The summed E-state index contributed by atoms with van der Waals surface area (Å²) in [7, 11) is 0. The molecule has 0 saturated heterocycles. The summed E-state index contributed by atoms with van der Waals surface area (Å²) in [5.74, 6) is -0.408. The number of aromatic nitrogens is 1. The third-order valence-corrected chi connectivity index (χ3v) is 4.37. The third-order valence-electron chi connectivity index (χ3n) is 4.37. The Hall–Kier alpha value is -3.58. The van der Waals surface area contributed by atoms with Gasteiger partial charge in [0.05, 0.1) is 0 Å². The molecule has 3 rings (SSSR count). The Morgan fingerprint density at radius 1 is 1.07 bits per heavy atom. The number of para-hydroxylation sites is 1. The van der Waals surface area contributed by atoms with Crippen LogP contribution >= 0.6 is 0 Å².